The van der Waals surface area contributed by atoms with E-state index in [0.29, 0.717) is 10.2 Å². The Labute approximate surface area is 156 Å². The van der Waals surface area contributed by atoms with Crippen molar-refractivity contribution in [3.63, 3.8) is 0 Å². The van der Waals surface area contributed by atoms with Gasteiger partial charge in [-0.1, -0.05) is 24.4 Å². The highest BCUT2D eigenvalue weighted by atomic mass is 32.1. The van der Waals surface area contributed by atoms with Gasteiger partial charge in [0.1, 0.15) is 28.4 Å². The first-order valence-corrected chi connectivity index (χ1v) is 9.00. The quantitative estimate of drug-likeness (QED) is 0.706. The van der Waals surface area contributed by atoms with E-state index in [4.69, 9.17) is 12.2 Å². The minimum absolute atomic E-state index is 0.493. The molecule has 0 atom stereocenters. The van der Waals surface area contributed by atoms with E-state index in [9.17, 15) is 5.26 Å². The van der Waals surface area contributed by atoms with Gasteiger partial charge in [0.2, 0.25) is 0 Å². The van der Waals surface area contributed by atoms with E-state index in [1.807, 2.05) is 24.3 Å². The molecule has 3 aromatic rings. The first-order chi connectivity index (χ1) is 12.8. The van der Waals surface area contributed by atoms with Crippen LogP contribution in [0, 0.1) is 16.0 Å². The number of hydrogen-bond donors (Lipinski definition) is 1. The molecule has 7 heteroatoms. The Balaban J connectivity index is 1.62. The minimum Gasteiger partial charge on any atom is -0.368 e. The smallest absolute Gasteiger partial charge is 0.139 e. The number of pyridine rings is 1. The lowest BCUT2D eigenvalue weighted by Crippen LogP contribution is -2.31. The Morgan fingerprint density at radius 2 is 1.85 bits per heavy atom. The average molecular weight is 362 g/mol. The van der Waals surface area contributed by atoms with Crippen molar-refractivity contribution in [2.75, 3.05) is 36.0 Å². The van der Waals surface area contributed by atoms with Crippen LogP contribution >= 0.6 is 12.2 Å². The van der Waals surface area contributed by atoms with Crippen LogP contribution in [0.5, 0.6) is 0 Å². The highest BCUT2D eigenvalue weighted by Crippen LogP contribution is 2.26. The van der Waals surface area contributed by atoms with Crippen molar-refractivity contribution >= 4 is 34.6 Å². The van der Waals surface area contributed by atoms with Crippen LogP contribution in [0.1, 0.15) is 12.0 Å². The molecule has 0 saturated carbocycles. The van der Waals surface area contributed by atoms with E-state index < -0.39 is 0 Å². The zero-order valence-electron chi connectivity index (χ0n) is 14.2. The van der Waals surface area contributed by atoms with E-state index in [0.717, 1.165) is 55.0 Å². The number of fused-ring (bicyclic) bond motifs is 1. The van der Waals surface area contributed by atoms with Gasteiger partial charge in [-0.05, 0) is 24.6 Å². The van der Waals surface area contributed by atoms with Crippen molar-refractivity contribution in [3.8, 4) is 6.07 Å². The molecule has 130 valence electrons. The summed E-state index contributed by atoms with van der Waals surface area (Å²) in [5.41, 5.74) is 2.41. The fraction of sp³-hybridized carbons (Fsp3) is 0.263. The number of benzene rings is 1. The number of rotatable bonds is 2. The molecule has 1 fully saturated rings. The molecule has 0 bridgehead atoms. The number of nitriles is 1. The molecule has 0 radical (unpaired) electrons. The van der Waals surface area contributed by atoms with Gasteiger partial charge < -0.3 is 14.8 Å². The summed E-state index contributed by atoms with van der Waals surface area (Å²) in [5.74, 6) is 0.975. The maximum Gasteiger partial charge on any atom is 0.139 e. The van der Waals surface area contributed by atoms with E-state index in [-0.39, 0.29) is 0 Å². The van der Waals surface area contributed by atoms with Crippen molar-refractivity contribution < 1.29 is 0 Å². The summed E-state index contributed by atoms with van der Waals surface area (Å²) in [4.78, 5) is 16.4. The van der Waals surface area contributed by atoms with Crippen LogP contribution in [0.15, 0.2) is 42.9 Å². The molecule has 1 saturated heterocycles. The summed E-state index contributed by atoms with van der Waals surface area (Å²) in [6.07, 6.45) is 4.41. The second kappa shape index (κ2) is 7.10. The summed E-state index contributed by atoms with van der Waals surface area (Å²) in [5, 5.41) is 10.5. The minimum atomic E-state index is 0.493. The predicted molar refractivity (Wildman–Crippen MR) is 105 cm³/mol. The van der Waals surface area contributed by atoms with Crippen LogP contribution in [0.3, 0.4) is 0 Å². The van der Waals surface area contributed by atoms with Gasteiger partial charge in [-0.15, -0.1) is 0 Å². The lowest BCUT2D eigenvalue weighted by Gasteiger charge is -2.25. The molecule has 0 unspecified atom stereocenters. The summed E-state index contributed by atoms with van der Waals surface area (Å²) in [7, 11) is 0. The van der Waals surface area contributed by atoms with E-state index in [2.05, 4.69) is 36.9 Å². The third kappa shape index (κ3) is 3.00. The highest BCUT2D eigenvalue weighted by molar-refractivity contribution is 7.71. The Bertz CT molecular complexity index is 1030. The van der Waals surface area contributed by atoms with Crippen LogP contribution in [-0.2, 0) is 0 Å². The maximum absolute atomic E-state index is 9.46. The third-order valence-corrected chi connectivity index (χ3v) is 5.03. The summed E-state index contributed by atoms with van der Waals surface area (Å²) >= 11 is 5.26. The average Bonchev–Trinajstić information content (AvgIpc) is 2.93. The summed E-state index contributed by atoms with van der Waals surface area (Å²) in [6.45, 7) is 3.44. The lowest BCUT2D eigenvalue weighted by molar-refractivity contribution is 0.799. The molecule has 1 N–H and O–H groups in total. The fourth-order valence-electron chi connectivity index (χ4n) is 3.45. The maximum atomic E-state index is 9.46. The van der Waals surface area contributed by atoms with Gasteiger partial charge in [-0.3, -0.25) is 0 Å². The lowest BCUT2D eigenvalue weighted by atomic mass is 10.2. The molecular weight excluding hydrogens is 344 g/mol. The molecule has 6 nitrogen and oxygen atoms in total. The zero-order chi connectivity index (χ0) is 17.9. The largest absolute Gasteiger partial charge is 0.368 e. The third-order valence-electron chi connectivity index (χ3n) is 4.71. The summed E-state index contributed by atoms with van der Waals surface area (Å²) < 4.78 is 0.493. The Morgan fingerprint density at radius 3 is 2.73 bits per heavy atom. The van der Waals surface area contributed by atoms with Gasteiger partial charge in [0.05, 0.1) is 11.2 Å². The van der Waals surface area contributed by atoms with Crippen LogP contribution < -0.4 is 9.80 Å². The number of H-pyrrole nitrogens is 1. The van der Waals surface area contributed by atoms with E-state index in [1.54, 1.807) is 12.5 Å². The number of nitrogens with one attached hydrogen (secondary N) is 1. The van der Waals surface area contributed by atoms with Gasteiger partial charge >= 0.3 is 0 Å². The molecule has 26 heavy (non-hydrogen) atoms. The monoisotopic (exact) mass is 362 g/mol. The number of aromatic nitrogens is 3. The number of para-hydroxylation sites is 1. The molecule has 4 rings (SSSR count). The Morgan fingerprint density at radius 1 is 1.04 bits per heavy atom. The van der Waals surface area contributed by atoms with Crippen LogP contribution in [-0.4, -0.2) is 41.1 Å². The van der Waals surface area contributed by atoms with Crippen LogP contribution in [0.2, 0.25) is 0 Å². The number of hydrogen-bond acceptors (Lipinski definition) is 6. The standard InChI is InChI=1S/C19H18N6S/c20-12-15-17(6-7-21-19(15)26)24-8-3-9-25(11-10-24)18-14-4-1-2-5-16(14)22-13-23-18/h1-2,4-7,13H,3,8-11H2,(H,21,26). The van der Waals surface area contributed by atoms with Gasteiger partial charge in [0, 0.05) is 37.8 Å². The molecular formula is C19H18N6S. The molecule has 1 aliphatic rings. The number of anilines is 2. The van der Waals surface area contributed by atoms with Crippen molar-refractivity contribution in [1.29, 1.82) is 5.26 Å². The van der Waals surface area contributed by atoms with Gasteiger partial charge in [-0.2, -0.15) is 5.26 Å². The molecule has 0 amide bonds. The normalized spacial score (nSPS) is 14.9. The molecule has 0 aliphatic carbocycles. The van der Waals surface area contributed by atoms with Gasteiger partial charge in [-0.25, -0.2) is 9.97 Å². The van der Waals surface area contributed by atoms with Crippen molar-refractivity contribution in [1.82, 2.24) is 15.0 Å². The van der Waals surface area contributed by atoms with E-state index >= 15 is 0 Å². The zero-order valence-corrected chi connectivity index (χ0v) is 15.0. The van der Waals surface area contributed by atoms with E-state index in [1.165, 1.54) is 0 Å². The van der Waals surface area contributed by atoms with Crippen LogP contribution in [0.25, 0.3) is 10.9 Å². The van der Waals surface area contributed by atoms with Gasteiger partial charge in [0.25, 0.3) is 0 Å². The molecule has 2 aromatic heterocycles. The van der Waals surface area contributed by atoms with Crippen molar-refractivity contribution in [2.24, 2.45) is 0 Å². The topological polar surface area (TPSA) is 71.8 Å². The predicted octanol–water partition coefficient (Wildman–Crippen LogP) is 3.28. The molecule has 1 aromatic carbocycles. The first-order valence-electron chi connectivity index (χ1n) is 8.59. The number of nitrogens with zero attached hydrogens (tertiary/aromatic N) is 5. The van der Waals surface area contributed by atoms with Crippen LogP contribution in [0.4, 0.5) is 11.5 Å². The highest BCUT2D eigenvalue weighted by Gasteiger charge is 2.20. The molecule has 0 spiro atoms. The molecule has 3 heterocycles. The van der Waals surface area contributed by atoms with Crippen molar-refractivity contribution in [2.45, 2.75) is 6.42 Å². The fourth-order valence-corrected chi connectivity index (χ4v) is 3.67. The van der Waals surface area contributed by atoms with Gasteiger partial charge in [0.15, 0.2) is 0 Å². The SMILES string of the molecule is N#Cc1c(N2CCCN(c3ncnc4ccccc34)CC2)cc[nH]c1=S. The Hall–Kier alpha value is -2.98. The second-order valence-electron chi connectivity index (χ2n) is 6.22. The number of aromatic amines is 1. The summed E-state index contributed by atoms with van der Waals surface area (Å²) in [6, 6.07) is 12.3. The molecule has 1 aliphatic heterocycles. The van der Waals surface area contributed by atoms with Crippen molar-refractivity contribution in [3.05, 3.63) is 53.1 Å². The second-order valence-corrected chi connectivity index (χ2v) is 6.63. The Kier molecular flexibility index (Phi) is 4.50. The first kappa shape index (κ1) is 16.5.